The van der Waals surface area contributed by atoms with E-state index in [0.29, 0.717) is 39.0 Å². The molecule has 152 valence electrons. The standard InChI is InChI=1S/C22H22Cl2N2O3/c1-2-25-8-10-26(11-9-25)13-16-19(27)7-6-14-21(28)20(29-22(14)16)12-15-17(23)4-3-5-18(15)24/h3-7,12,27H,2,8-11,13H2,1H3/b20-12-. The predicted molar refractivity (Wildman–Crippen MR) is 115 cm³/mol. The van der Waals surface area contributed by atoms with Gasteiger partial charge >= 0.3 is 0 Å². The molecule has 1 N–H and O–H groups in total. The number of ketones is 1. The summed E-state index contributed by atoms with van der Waals surface area (Å²) in [5, 5.41) is 11.3. The van der Waals surface area contributed by atoms with Gasteiger partial charge in [-0.15, -0.1) is 0 Å². The highest BCUT2D eigenvalue weighted by Crippen LogP contribution is 2.41. The predicted octanol–water partition coefficient (Wildman–Crippen LogP) is 4.45. The number of piperazine rings is 1. The van der Waals surface area contributed by atoms with Crippen molar-refractivity contribution >= 4 is 35.1 Å². The summed E-state index contributed by atoms with van der Waals surface area (Å²) >= 11 is 12.5. The monoisotopic (exact) mass is 432 g/mol. The average Bonchev–Trinajstić information content (AvgIpc) is 3.03. The van der Waals surface area contributed by atoms with Gasteiger partial charge < -0.3 is 14.7 Å². The highest BCUT2D eigenvalue weighted by Gasteiger charge is 2.32. The topological polar surface area (TPSA) is 53.0 Å². The fourth-order valence-corrected chi connectivity index (χ4v) is 4.22. The van der Waals surface area contributed by atoms with Gasteiger partial charge in [0.2, 0.25) is 5.78 Å². The summed E-state index contributed by atoms with van der Waals surface area (Å²) in [5.74, 6) is 0.458. The molecule has 7 heteroatoms. The summed E-state index contributed by atoms with van der Waals surface area (Å²) in [5.41, 5.74) is 1.61. The third kappa shape index (κ3) is 4.01. The zero-order valence-electron chi connectivity index (χ0n) is 16.1. The summed E-state index contributed by atoms with van der Waals surface area (Å²) in [4.78, 5) is 17.5. The van der Waals surface area contributed by atoms with Crippen molar-refractivity contribution in [1.82, 2.24) is 9.80 Å². The number of phenolic OH excluding ortho intramolecular Hbond substituents is 1. The molecule has 2 heterocycles. The zero-order chi connectivity index (χ0) is 20.5. The maximum absolute atomic E-state index is 12.9. The Morgan fingerprint density at radius 3 is 2.38 bits per heavy atom. The van der Waals surface area contributed by atoms with Crippen molar-refractivity contribution in [3.63, 3.8) is 0 Å². The molecule has 4 rings (SSSR count). The van der Waals surface area contributed by atoms with Crippen LogP contribution in [0.5, 0.6) is 11.5 Å². The second-order valence-corrected chi connectivity index (χ2v) is 8.04. The molecule has 1 fully saturated rings. The molecule has 0 aromatic heterocycles. The molecule has 0 amide bonds. The fraction of sp³-hybridized carbons (Fsp3) is 0.318. The highest BCUT2D eigenvalue weighted by molar-refractivity contribution is 6.37. The number of allylic oxidation sites excluding steroid dienone is 1. The smallest absolute Gasteiger partial charge is 0.231 e. The minimum absolute atomic E-state index is 0.131. The lowest BCUT2D eigenvalue weighted by Gasteiger charge is -2.34. The van der Waals surface area contributed by atoms with Crippen LogP contribution in [0, 0.1) is 0 Å². The average molecular weight is 433 g/mol. The molecule has 0 unspecified atom stereocenters. The van der Waals surface area contributed by atoms with Crippen molar-refractivity contribution in [3.8, 4) is 11.5 Å². The molecule has 2 aliphatic rings. The number of hydrogen-bond donors (Lipinski definition) is 1. The Kier molecular flexibility index (Phi) is 5.83. The summed E-state index contributed by atoms with van der Waals surface area (Å²) in [6.07, 6.45) is 1.56. The van der Waals surface area contributed by atoms with Crippen LogP contribution in [-0.4, -0.2) is 53.4 Å². The molecule has 0 saturated carbocycles. The van der Waals surface area contributed by atoms with E-state index in [4.69, 9.17) is 27.9 Å². The zero-order valence-corrected chi connectivity index (χ0v) is 17.6. The van der Waals surface area contributed by atoms with Crippen LogP contribution in [0.4, 0.5) is 0 Å². The Balaban J connectivity index is 1.62. The lowest BCUT2D eigenvalue weighted by atomic mass is 10.0. The van der Waals surface area contributed by atoms with Gasteiger partial charge in [0, 0.05) is 48.3 Å². The third-order valence-electron chi connectivity index (χ3n) is 5.49. The number of ether oxygens (including phenoxy) is 1. The van der Waals surface area contributed by atoms with Gasteiger partial charge in [-0.1, -0.05) is 36.2 Å². The van der Waals surface area contributed by atoms with E-state index in [0.717, 1.165) is 32.7 Å². The van der Waals surface area contributed by atoms with Crippen LogP contribution in [-0.2, 0) is 6.54 Å². The van der Waals surface area contributed by atoms with E-state index in [1.165, 1.54) is 0 Å². The number of rotatable bonds is 4. The summed E-state index contributed by atoms with van der Waals surface area (Å²) < 4.78 is 5.93. The van der Waals surface area contributed by atoms with Crippen LogP contribution in [0.1, 0.15) is 28.4 Å². The highest BCUT2D eigenvalue weighted by atomic mass is 35.5. The van der Waals surface area contributed by atoms with Gasteiger partial charge in [-0.05, 0) is 36.9 Å². The number of nitrogens with zero attached hydrogens (tertiary/aromatic N) is 2. The number of fused-ring (bicyclic) bond motifs is 1. The van der Waals surface area contributed by atoms with Crippen molar-refractivity contribution in [2.24, 2.45) is 0 Å². The second kappa shape index (κ2) is 8.36. The summed E-state index contributed by atoms with van der Waals surface area (Å²) in [6, 6.07) is 8.32. The maximum Gasteiger partial charge on any atom is 0.231 e. The first-order valence-corrected chi connectivity index (χ1v) is 10.4. The number of phenols is 1. The Labute approximate surface area is 180 Å². The van der Waals surface area contributed by atoms with Crippen molar-refractivity contribution in [3.05, 3.63) is 62.8 Å². The molecule has 0 radical (unpaired) electrons. The summed E-state index contributed by atoms with van der Waals surface area (Å²) in [7, 11) is 0. The molecule has 5 nitrogen and oxygen atoms in total. The molecule has 29 heavy (non-hydrogen) atoms. The molecule has 0 aliphatic carbocycles. The maximum atomic E-state index is 12.9. The van der Waals surface area contributed by atoms with Gasteiger partial charge in [0.05, 0.1) is 11.1 Å². The Hall–Kier alpha value is -2.05. The van der Waals surface area contributed by atoms with Gasteiger partial charge in [0.1, 0.15) is 11.5 Å². The molecule has 2 aliphatic heterocycles. The quantitative estimate of drug-likeness (QED) is 0.722. The van der Waals surface area contributed by atoms with Crippen LogP contribution in [0.2, 0.25) is 10.0 Å². The minimum atomic E-state index is -0.243. The van der Waals surface area contributed by atoms with Gasteiger partial charge in [0.25, 0.3) is 0 Å². The van der Waals surface area contributed by atoms with E-state index in [1.807, 2.05) is 0 Å². The first-order chi connectivity index (χ1) is 14.0. The lowest BCUT2D eigenvalue weighted by molar-refractivity contribution is 0.101. The van der Waals surface area contributed by atoms with Gasteiger partial charge in [0.15, 0.2) is 5.76 Å². The number of aromatic hydroxyl groups is 1. The van der Waals surface area contributed by atoms with Crippen LogP contribution < -0.4 is 4.74 Å². The van der Waals surface area contributed by atoms with Gasteiger partial charge in [-0.3, -0.25) is 9.69 Å². The van der Waals surface area contributed by atoms with Gasteiger partial charge in [-0.2, -0.15) is 0 Å². The molecule has 2 aromatic rings. The Bertz CT molecular complexity index is 962. The first-order valence-electron chi connectivity index (χ1n) is 9.65. The molecule has 1 saturated heterocycles. The van der Waals surface area contributed by atoms with E-state index in [-0.39, 0.29) is 17.3 Å². The molecule has 2 aromatic carbocycles. The van der Waals surface area contributed by atoms with Crippen LogP contribution in [0.3, 0.4) is 0 Å². The van der Waals surface area contributed by atoms with E-state index in [1.54, 1.807) is 36.4 Å². The molecule has 0 atom stereocenters. The van der Waals surface area contributed by atoms with E-state index in [2.05, 4.69) is 16.7 Å². The van der Waals surface area contributed by atoms with E-state index >= 15 is 0 Å². The lowest BCUT2D eigenvalue weighted by Crippen LogP contribution is -2.45. The van der Waals surface area contributed by atoms with Crippen LogP contribution >= 0.6 is 23.2 Å². The van der Waals surface area contributed by atoms with E-state index in [9.17, 15) is 9.90 Å². The molecule has 0 spiro atoms. The van der Waals surface area contributed by atoms with Crippen molar-refractivity contribution in [1.29, 1.82) is 0 Å². The van der Waals surface area contributed by atoms with E-state index < -0.39 is 0 Å². The van der Waals surface area contributed by atoms with Crippen LogP contribution in [0.25, 0.3) is 6.08 Å². The normalized spacial score (nSPS) is 18.9. The number of likely N-dealkylation sites (N-methyl/N-ethyl adjacent to an activating group) is 1. The number of benzene rings is 2. The largest absolute Gasteiger partial charge is 0.507 e. The Morgan fingerprint density at radius 1 is 1.07 bits per heavy atom. The Morgan fingerprint density at radius 2 is 1.72 bits per heavy atom. The minimum Gasteiger partial charge on any atom is -0.507 e. The number of hydrogen-bond acceptors (Lipinski definition) is 5. The number of halogens is 2. The third-order valence-corrected chi connectivity index (χ3v) is 6.14. The first kappa shape index (κ1) is 20.2. The van der Waals surface area contributed by atoms with Crippen molar-refractivity contribution < 1.29 is 14.6 Å². The second-order valence-electron chi connectivity index (χ2n) is 7.23. The van der Waals surface area contributed by atoms with Crippen molar-refractivity contribution in [2.75, 3.05) is 32.7 Å². The summed E-state index contributed by atoms with van der Waals surface area (Å²) in [6.45, 7) is 7.51. The number of carbonyl (C=O) groups excluding carboxylic acids is 1. The van der Waals surface area contributed by atoms with Crippen LogP contribution in [0.15, 0.2) is 36.1 Å². The molecular weight excluding hydrogens is 411 g/mol. The van der Waals surface area contributed by atoms with Gasteiger partial charge in [-0.25, -0.2) is 0 Å². The SMILES string of the molecule is CCN1CCN(Cc2c(O)ccc3c2O/C(=C\c2c(Cl)cccc2Cl)C3=O)CC1. The number of carbonyl (C=O) groups is 1. The molecule has 0 bridgehead atoms. The fourth-order valence-electron chi connectivity index (χ4n) is 3.72. The number of Topliss-reactive ketones (excluding diaryl/α,β-unsaturated/α-hetero) is 1. The van der Waals surface area contributed by atoms with Crippen molar-refractivity contribution in [2.45, 2.75) is 13.5 Å². The molecular formula is C22H22Cl2N2O3.